The monoisotopic (exact) mass is 356 g/mol. The normalized spacial score (nSPS) is 25.2. The summed E-state index contributed by atoms with van der Waals surface area (Å²) >= 11 is 0. The molecule has 5 heteroatoms. The zero-order chi connectivity index (χ0) is 17.8. The molecule has 1 aromatic rings. The second kappa shape index (κ2) is 7.78. The van der Waals surface area contributed by atoms with Crippen LogP contribution in [-0.2, 0) is 9.53 Å². The van der Waals surface area contributed by atoms with E-state index in [9.17, 15) is 4.79 Å². The molecule has 0 N–H and O–H groups in total. The maximum Gasteiger partial charge on any atom is 0.226 e. The summed E-state index contributed by atoms with van der Waals surface area (Å²) in [5.41, 5.74) is 1.22. The second-order valence-electron chi connectivity index (χ2n) is 7.79. The first-order chi connectivity index (χ1) is 12.7. The number of carbonyl (C=O) groups is 1. The number of hydrogen-bond acceptors (Lipinski definition) is 4. The first kappa shape index (κ1) is 17.5. The second-order valence-corrected chi connectivity index (χ2v) is 7.79. The molecule has 140 valence electrons. The van der Waals surface area contributed by atoms with Gasteiger partial charge in [0.15, 0.2) is 0 Å². The lowest BCUT2D eigenvalue weighted by atomic mass is 9.87. The van der Waals surface area contributed by atoms with Crippen molar-refractivity contribution in [3.05, 3.63) is 36.2 Å². The summed E-state index contributed by atoms with van der Waals surface area (Å²) in [6.07, 6.45) is 13.9. The van der Waals surface area contributed by atoms with Gasteiger partial charge in [-0.1, -0.05) is 11.6 Å². The molecule has 1 spiro atoms. The molecule has 0 aromatic carbocycles. The van der Waals surface area contributed by atoms with Crippen molar-refractivity contribution in [3.8, 4) is 5.75 Å². The summed E-state index contributed by atoms with van der Waals surface area (Å²) in [6, 6.07) is 3.81. The fourth-order valence-electron chi connectivity index (χ4n) is 4.37. The standard InChI is InChI=1S/C21H28N2O3/c24-20(13-17-5-2-1-3-6-17)23-11-8-21(9-12-23)14-19(16-25-21)26-18-7-4-10-22-15-18/h4-5,7,10,15,19H,1-3,6,8-9,11-14,16H2. The Hall–Kier alpha value is -1.88. The van der Waals surface area contributed by atoms with Crippen LogP contribution in [0.1, 0.15) is 51.4 Å². The molecule has 2 aliphatic heterocycles. The van der Waals surface area contributed by atoms with Crippen molar-refractivity contribution in [2.24, 2.45) is 0 Å². The Morgan fingerprint density at radius 1 is 1.35 bits per heavy atom. The van der Waals surface area contributed by atoms with Gasteiger partial charge < -0.3 is 14.4 Å². The number of ether oxygens (including phenoxy) is 2. The molecular formula is C21H28N2O3. The molecule has 0 saturated carbocycles. The van der Waals surface area contributed by atoms with E-state index in [4.69, 9.17) is 9.47 Å². The largest absolute Gasteiger partial charge is 0.486 e. The number of carbonyl (C=O) groups excluding carboxylic acids is 1. The number of rotatable bonds is 4. The van der Waals surface area contributed by atoms with Crippen molar-refractivity contribution in [2.75, 3.05) is 19.7 Å². The van der Waals surface area contributed by atoms with Crippen molar-refractivity contribution in [3.63, 3.8) is 0 Å². The van der Waals surface area contributed by atoms with E-state index in [0.717, 1.165) is 50.9 Å². The zero-order valence-corrected chi connectivity index (χ0v) is 15.4. The third kappa shape index (κ3) is 4.09. The van der Waals surface area contributed by atoms with Crippen molar-refractivity contribution in [1.29, 1.82) is 0 Å². The molecule has 0 radical (unpaired) electrons. The number of piperidine rings is 1. The highest BCUT2D eigenvalue weighted by Crippen LogP contribution is 2.37. The van der Waals surface area contributed by atoms with Crippen LogP contribution in [0.15, 0.2) is 36.2 Å². The quantitative estimate of drug-likeness (QED) is 0.775. The average molecular weight is 356 g/mol. The lowest BCUT2D eigenvalue weighted by molar-refractivity contribution is -0.135. The van der Waals surface area contributed by atoms with Crippen LogP contribution in [0.4, 0.5) is 0 Å². The lowest BCUT2D eigenvalue weighted by Crippen LogP contribution is -2.46. The molecule has 1 aliphatic carbocycles. The lowest BCUT2D eigenvalue weighted by Gasteiger charge is -2.38. The van der Waals surface area contributed by atoms with Crippen LogP contribution >= 0.6 is 0 Å². The number of aromatic nitrogens is 1. The van der Waals surface area contributed by atoms with E-state index in [0.29, 0.717) is 13.0 Å². The number of nitrogens with zero attached hydrogens (tertiary/aromatic N) is 2. The molecule has 1 unspecified atom stereocenters. The van der Waals surface area contributed by atoms with Crippen molar-refractivity contribution in [2.45, 2.75) is 63.1 Å². The van der Waals surface area contributed by atoms with E-state index in [1.807, 2.05) is 17.0 Å². The summed E-state index contributed by atoms with van der Waals surface area (Å²) in [7, 11) is 0. The minimum atomic E-state index is -0.117. The molecule has 3 heterocycles. The smallest absolute Gasteiger partial charge is 0.226 e. The molecule has 3 aliphatic rings. The van der Waals surface area contributed by atoms with Gasteiger partial charge >= 0.3 is 0 Å². The van der Waals surface area contributed by atoms with Gasteiger partial charge in [0, 0.05) is 32.1 Å². The fraction of sp³-hybridized carbons (Fsp3) is 0.619. The van der Waals surface area contributed by atoms with E-state index in [-0.39, 0.29) is 17.6 Å². The molecule has 1 aromatic heterocycles. The first-order valence-electron chi connectivity index (χ1n) is 9.89. The van der Waals surface area contributed by atoms with Gasteiger partial charge in [-0.3, -0.25) is 9.78 Å². The average Bonchev–Trinajstić information content (AvgIpc) is 3.06. The van der Waals surface area contributed by atoms with Gasteiger partial charge in [0.2, 0.25) is 5.91 Å². The zero-order valence-electron chi connectivity index (χ0n) is 15.4. The maximum atomic E-state index is 12.6. The Morgan fingerprint density at radius 3 is 2.96 bits per heavy atom. The van der Waals surface area contributed by atoms with Crippen LogP contribution in [-0.4, -0.2) is 47.2 Å². The molecule has 4 rings (SSSR count). The third-order valence-electron chi connectivity index (χ3n) is 5.90. The minimum Gasteiger partial charge on any atom is -0.486 e. The van der Waals surface area contributed by atoms with Gasteiger partial charge in [0.1, 0.15) is 11.9 Å². The predicted molar refractivity (Wildman–Crippen MR) is 98.9 cm³/mol. The van der Waals surface area contributed by atoms with Crippen LogP contribution in [0.3, 0.4) is 0 Å². The predicted octanol–water partition coefficient (Wildman–Crippen LogP) is 3.50. The molecule has 1 atom stereocenters. The molecule has 2 fully saturated rings. The van der Waals surface area contributed by atoms with Gasteiger partial charge in [-0.15, -0.1) is 0 Å². The summed E-state index contributed by atoms with van der Waals surface area (Å²) in [5, 5.41) is 0. The van der Waals surface area contributed by atoms with E-state index in [2.05, 4.69) is 11.1 Å². The van der Waals surface area contributed by atoms with Crippen LogP contribution in [0.5, 0.6) is 5.75 Å². The molecular weight excluding hydrogens is 328 g/mol. The van der Waals surface area contributed by atoms with Crippen molar-refractivity contribution in [1.82, 2.24) is 9.88 Å². The summed E-state index contributed by atoms with van der Waals surface area (Å²) in [4.78, 5) is 18.7. The highest BCUT2D eigenvalue weighted by Gasteiger charge is 2.44. The van der Waals surface area contributed by atoms with Crippen LogP contribution in [0.2, 0.25) is 0 Å². The van der Waals surface area contributed by atoms with Gasteiger partial charge in [-0.25, -0.2) is 0 Å². The number of pyridine rings is 1. The van der Waals surface area contributed by atoms with Crippen LogP contribution in [0.25, 0.3) is 0 Å². The highest BCUT2D eigenvalue weighted by atomic mass is 16.6. The van der Waals surface area contributed by atoms with Crippen molar-refractivity contribution >= 4 is 5.91 Å². The Kier molecular flexibility index (Phi) is 5.25. The Morgan fingerprint density at radius 2 is 2.23 bits per heavy atom. The Bertz CT molecular complexity index is 650. The Labute approximate surface area is 155 Å². The topological polar surface area (TPSA) is 51.7 Å². The van der Waals surface area contributed by atoms with Gasteiger partial charge in [0.05, 0.1) is 18.4 Å². The molecule has 26 heavy (non-hydrogen) atoms. The van der Waals surface area contributed by atoms with Gasteiger partial charge in [-0.05, 0) is 50.7 Å². The van der Waals surface area contributed by atoms with E-state index >= 15 is 0 Å². The highest BCUT2D eigenvalue weighted by molar-refractivity contribution is 5.78. The van der Waals surface area contributed by atoms with E-state index in [1.54, 1.807) is 12.4 Å². The number of amides is 1. The Balaban J connectivity index is 1.26. The fourth-order valence-corrected chi connectivity index (χ4v) is 4.37. The molecule has 1 amide bonds. The first-order valence-corrected chi connectivity index (χ1v) is 9.89. The number of allylic oxidation sites excluding steroid dienone is 1. The summed E-state index contributed by atoms with van der Waals surface area (Å²) in [6.45, 7) is 2.22. The minimum absolute atomic E-state index is 0.0776. The van der Waals surface area contributed by atoms with Crippen LogP contribution in [0, 0.1) is 0 Å². The number of likely N-dealkylation sites (tertiary alicyclic amines) is 1. The molecule has 2 saturated heterocycles. The molecule has 5 nitrogen and oxygen atoms in total. The van der Waals surface area contributed by atoms with Gasteiger partial charge in [-0.2, -0.15) is 0 Å². The van der Waals surface area contributed by atoms with Crippen LogP contribution < -0.4 is 4.74 Å². The maximum absolute atomic E-state index is 12.6. The van der Waals surface area contributed by atoms with Gasteiger partial charge in [0.25, 0.3) is 0 Å². The summed E-state index contributed by atoms with van der Waals surface area (Å²) < 4.78 is 12.2. The summed E-state index contributed by atoms with van der Waals surface area (Å²) in [5.74, 6) is 1.08. The van der Waals surface area contributed by atoms with E-state index < -0.39 is 0 Å². The van der Waals surface area contributed by atoms with Crippen molar-refractivity contribution < 1.29 is 14.3 Å². The van der Waals surface area contributed by atoms with E-state index in [1.165, 1.54) is 18.4 Å². The molecule has 0 bridgehead atoms. The number of hydrogen-bond donors (Lipinski definition) is 0. The SMILES string of the molecule is O=C(CC1=CCCCC1)N1CCC2(CC1)CC(Oc1cccnc1)CO2. The third-order valence-corrected chi connectivity index (χ3v) is 5.90.